The van der Waals surface area contributed by atoms with Crippen LogP contribution in [-0.2, 0) is 9.53 Å². The Bertz CT molecular complexity index is 375. The fourth-order valence-corrected chi connectivity index (χ4v) is 0.583. The van der Waals surface area contributed by atoms with E-state index in [2.05, 4.69) is 44.5 Å². The summed E-state index contributed by atoms with van der Waals surface area (Å²) < 4.78 is 4.30. The van der Waals surface area contributed by atoms with Crippen molar-refractivity contribution in [3.8, 4) is 0 Å². The molecular formula is C20H49N5O4. The van der Waals surface area contributed by atoms with Gasteiger partial charge >= 0.3 is 12.1 Å². The lowest BCUT2D eigenvalue weighted by molar-refractivity contribution is -0.126. The van der Waals surface area contributed by atoms with Crippen molar-refractivity contribution in [2.45, 2.75) is 34.1 Å². The quantitative estimate of drug-likeness (QED) is 0.648. The van der Waals surface area contributed by atoms with Crippen LogP contribution in [0.2, 0.25) is 0 Å². The molecule has 178 valence electrons. The molecule has 0 aromatic heterocycles. The van der Waals surface area contributed by atoms with Crippen molar-refractivity contribution >= 4 is 18.0 Å². The maximum absolute atomic E-state index is 10.7. The molecular weight excluding hydrogens is 374 g/mol. The Morgan fingerprint density at radius 1 is 0.655 bits per heavy atom. The van der Waals surface area contributed by atoms with E-state index in [1.807, 2.05) is 0 Å². The zero-order chi connectivity index (χ0) is 24.7. The first-order valence-corrected chi connectivity index (χ1v) is 9.53. The summed E-state index contributed by atoms with van der Waals surface area (Å²) in [6.07, 6.45) is 0.931. The van der Waals surface area contributed by atoms with Crippen LogP contribution in [0.25, 0.3) is 0 Å². The highest BCUT2D eigenvalue weighted by Crippen LogP contribution is 1.83. The van der Waals surface area contributed by atoms with E-state index in [0.29, 0.717) is 0 Å². The summed E-state index contributed by atoms with van der Waals surface area (Å²) in [6.45, 7) is 9.04. The third kappa shape index (κ3) is 46.2. The van der Waals surface area contributed by atoms with Crippen molar-refractivity contribution in [1.29, 1.82) is 0 Å². The number of carbonyl (C=O) groups excluding carboxylic acids is 3. The van der Waals surface area contributed by atoms with Crippen LogP contribution in [0.3, 0.4) is 0 Å². The van der Waals surface area contributed by atoms with Crippen LogP contribution in [0.5, 0.6) is 0 Å². The van der Waals surface area contributed by atoms with Crippen molar-refractivity contribution in [3.63, 3.8) is 0 Å². The normalized spacial score (nSPS) is 8.14. The minimum absolute atomic E-state index is 0.0185. The minimum atomic E-state index is -0.319. The van der Waals surface area contributed by atoms with E-state index in [4.69, 9.17) is 0 Å². The molecule has 0 heterocycles. The molecule has 0 aromatic carbocycles. The highest BCUT2D eigenvalue weighted by atomic mass is 16.5. The second kappa shape index (κ2) is 26.0. The summed E-state index contributed by atoms with van der Waals surface area (Å²) in [5, 5.41) is 0. The van der Waals surface area contributed by atoms with Gasteiger partial charge in [0.05, 0.1) is 7.11 Å². The standard InChI is InChI=1S/C5H12N2O.C4H9NO2.C4H9NO.C4H11N.C3H8/c1-6(2)5(8)7(3)4;1-5(2)4(6)7-3;1-4(6)5(2)3;1-4-5(2)3;1-3-2/h1-4H3;1-3H3;1-3H3;4H2,1-3H3;3H2,1-2H3. The van der Waals surface area contributed by atoms with Crippen LogP contribution in [0.15, 0.2) is 0 Å². The van der Waals surface area contributed by atoms with E-state index in [-0.39, 0.29) is 18.0 Å². The Kier molecular flexibility index (Phi) is 33.7. The summed E-state index contributed by atoms with van der Waals surface area (Å²) in [7, 11) is 19.1. The van der Waals surface area contributed by atoms with E-state index in [9.17, 15) is 14.4 Å². The summed E-state index contributed by atoms with van der Waals surface area (Å²) in [5.41, 5.74) is 0. The maximum Gasteiger partial charge on any atom is 0.408 e. The maximum atomic E-state index is 10.7. The molecule has 0 saturated heterocycles. The lowest BCUT2D eigenvalue weighted by Gasteiger charge is -2.16. The number of rotatable bonds is 1. The first-order valence-electron chi connectivity index (χ1n) is 9.53. The van der Waals surface area contributed by atoms with Gasteiger partial charge in [-0.05, 0) is 20.6 Å². The fraction of sp³-hybridized carbons (Fsp3) is 0.850. The molecule has 0 N–H and O–H groups in total. The van der Waals surface area contributed by atoms with Crippen LogP contribution in [0.1, 0.15) is 34.1 Å². The Labute approximate surface area is 180 Å². The van der Waals surface area contributed by atoms with E-state index in [1.165, 1.54) is 40.1 Å². The summed E-state index contributed by atoms with van der Waals surface area (Å²) >= 11 is 0. The first kappa shape index (κ1) is 37.7. The van der Waals surface area contributed by atoms with Crippen LogP contribution in [-0.4, -0.2) is 127 Å². The SMILES string of the molecule is CC(=O)N(C)C.CCC.CCN(C)C.CN(C)C(=O)N(C)C.COC(=O)N(C)C. The number of amides is 4. The Balaban J connectivity index is -0.0000000854. The predicted octanol–water partition coefficient (Wildman–Crippen LogP) is 2.62. The van der Waals surface area contributed by atoms with Crippen LogP contribution in [0.4, 0.5) is 9.59 Å². The second-order valence-corrected chi connectivity index (χ2v) is 6.95. The van der Waals surface area contributed by atoms with Crippen molar-refractivity contribution in [2.75, 3.05) is 84.1 Å². The van der Waals surface area contributed by atoms with Gasteiger partial charge in [0.25, 0.3) is 0 Å². The Morgan fingerprint density at radius 3 is 0.897 bits per heavy atom. The van der Waals surface area contributed by atoms with Crippen molar-refractivity contribution < 1.29 is 19.1 Å². The third-order valence-electron chi connectivity index (χ3n) is 2.57. The highest BCUT2D eigenvalue weighted by molar-refractivity contribution is 5.73. The van der Waals surface area contributed by atoms with Gasteiger partial charge in [0.15, 0.2) is 0 Å². The van der Waals surface area contributed by atoms with Gasteiger partial charge in [-0.15, -0.1) is 0 Å². The molecule has 0 bridgehead atoms. The van der Waals surface area contributed by atoms with E-state index < -0.39 is 0 Å². The molecule has 9 heteroatoms. The lowest BCUT2D eigenvalue weighted by Crippen LogP contribution is -2.33. The molecule has 0 rings (SSSR count). The number of ether oxygens (including phenoxy) is 1. The number of hydrogen-bond acceptors (Lipinski definition) is 5. The fourth-order valence-electron chi connectivity index (χ4n) is 0.583. The van der Waals surface area contributed by atoms with Gasteiger partial charge in [-0.3, -0.25) is 4.79 Å². The molecule has 0 fully saturated rings. The van der Waals surface area contributed by atoms with Crippen LogP contribution >= 0.6 is 0 Å². The average Bonchev–Trinajstić information content (AvgIpc) is 2.61. The average molecular weight is 424 g/mol. The van der Waals surface area contributed by atoms with Gasteiger partial charge in [0.1, 0.15) is 0 Å². The topological polar surface area (TPSA) is 76.6 Å². The van der Waals surface area contributed by atoms with E-state index in [1.54, 1.807) is 56.4 Å². The van der Waals surface area contributed by atoms with Gasteiger partial charge in [-0.25, -0.2) is 9.59 Å². The molecule has 0 aliphatic rings. The smallest absolute Gasteiger partial charge is 0.408 e. The monoisotopic (exact) mass is 423 g/mol. The zero-order valence-corrected chi connectivity index (χ0v) is 21.8. The highest BCUT2D eigenvalue weighted by Gasteiger charge is 2.02. The summed E-state index contributed by atoms with van der Waals surface area (Å²) in [6, 6.07) is 0.0185. The number of nitrogens with zero attached hydrogens (tertiary/aromatic N) is 5. The number of methoxy groups -OCH3 is 1. The molecule has 0 radical (unpaired) electrons. The van der Waals surface area contributed by atoms with Gasteiger partial charge in [0, 0.05) is 63.3 Å². The van der Waals surface area contributed by atoms with E-state index >= 15 is 0 Å². The molecule has 0 aromatic rings. The van der Waals surface area contributed by atoms with Gasteiger partial charge < -0.3 is 29.2 Å². The van der Waals surface area contributed by atoms with Gasteiger partial charge in [-0.2, -0.15) is 0 Å². The Hall–Kier alpha value is -2.03. The predicted molar refractivity (Wildman–Crippen MR) is 123 cm³/mol. The minimum Gasteiger partial charge on any atom is -0.453 e. The molecule has 0 unspecified atom stereocenters. The molecule has 0 aliphatic carbocycles. The molecule has 0 spiro atoms. The number of urea groups is 1. The molecule has 29 heavy (non-hydrogen) atoms. The molecule has 0 aliphatic heterocycles. The van der Waals surface area contributed by atoms with Gasteiger partial charge in [-0.1, -0.05) is 27.2 Å². The van der Waals surface area contributed by atoms with Crippen LogP contribution in [0, 0.1) is 0 Å². The van der Waals surface area contributed by atoms with Crippen molar-refractivity contribution in [2.24, 2.45) is 0 Å². The summed E-state index contributed by atoms with van der Waals surface area (Å²) in [5.74, 6) is 0.0926. The Morgan fingerprint density at radius 2 is 0.897 bits per heavy atom. The molecule has 9 nitrogen and oxygen atoms in total. The molecule has 4 amide bonds. The third-order valence-corrected chi connectivity index (χ3v) is 2.57. The van der Waals surface area contributed by atoms with Crippen molar-refractivity contribution in [3.05, 3.63) is 0 Å². The van der Waals surface area contributed by atoms with E-state index in [0.717, 1.165) is 6.54 Å². The summed E-state index contributed by atoms with van der Waals surface area (Å²) in [4.78, 5) is 39.0. The first-order chi connectivity index (χ1) is 13.1. The molecule has 0 atom stereocenters. The van der Waals surface area contributed by atoms with Crippen LogP contribution < -0.4 is 0 Å². The zero-order valence-electron chi connectivity index (χ0n) is 21.8. The lowest BCUT2D eigenvalue weighted by atomic mass is 10.6. The van der Waals surface area contributed by atoms with Crippen molar-refractivity contribution in [1.82, 2.24) is 24.5 Å². The largest absolute Gasteiger partial charge is 0.453 e. The second-order valence-electron chi connectivity index (χ2n) is 6.95. The number of hydrogen-bond donors (Lipinski definition) is 0. The van der Waals surface area contributed by atoms with Gasteiger partial charge in [0.2, 0.25) is 5.91 Å². The molecule has 0 saturated carbocycles. The number of carbonyl (C=O) groups is 3.